The van der Waals surface area contributed by atoms with Crippen molar-refractivity contribution in [1.82, 2.24) is 4.57 Å². The Labute approximate surface area is 124 Å². The van der Waals surface area contributed by atoms with Crippen LogP contribution in [0.5, 0.6) is 0 Å². The highest BCUT2D eigenvalue weighted by Gasteiger charge is 2.04. The topological polar surface area (TPSA) is 4.93 Å². The van der Waals surface area contributed by atoms with Gasteiger partial charge in [0.15, 0.2) is 11.6 Å². The monoisotopic (exact) mass is 289 g/mol. The third kappa shape index (κ3) is 4.15. The molecular weight excluding hydrogens is 268 g/mol. The molecule has 2 rings (SSSR count). The van der Waals surface area contributed by atoms with E-state index in [1.165, 1.54) is 12.1 Å². The third-order valence-electron chi connectivity index (χ3n) is 2.77. The van der Waals surface area contributed by atoms with Gasteiger partial charge in [-0.2, -0.15) is 0 Å². The van der Waals surface area contributed by atoms with Crippen molar-refractivity contribution in [3.8, 4) is 5.69 Å². The summed E-state index contributed by atoms with van der Waals surface area (Å²) in [5.41, 5.74) is 1.72. The zero-order chi connectivity index (χ0) is 16.0. The summed E-state index contributed by atoms with van der Waals surface area (Å²) >= 11 is 0. The van der Waals surface area contributed by atoms with Crippen LogP contribution in [0.4, 0.5) is 8.78 Å². The third-order valence-corrected chi connectivity index (χ3v) is 2.77. The van der Waals surface area contributed by atoms with Gasteiger partial charge in [-0.05, 0) is 43.3 Å². The lowest BCUT2D eigenvalue weighted by Crippen LogP contribution is -2.26. The van der Waals surface area contributed by atoms with Gasteiger partial charge in [-0.3, -0.25) is 0 Å². The molecule has 0 amide bonds. The fraction of sp³-hybridized carbons (Fsp3) is 0.222. The van der Waals surface area contributed by atoms with E-state index in [1.54, 1.807) is 10.8 Å². The van der Waals surface area contributed by atoms with E-state index in [1.807, 2.05) is 45.9 Å². The summed E-state index contributed by atoms with van der Waals surface area (Å²) in [5, 5.41) is 1.69. The molecule has 0 saturated carbocycles. The summed E-state index contributed by atoms with van der Waals surface area (Å²) in [6.45, 7) is 11.9. The SMILES string of the molecule is C=c1ccn(-c2ccc(F)c(F)c2)/c1=C/C=C(C)C.CC. The molecule has 0 aliphatic heterocycles. The van der Waals surface area contributed by atoms with Crippen LogP contribution < -0.4 is 10.6 Å². The van der Waals surface area contributed by atoms with Crippen molar-refractivity contribution < 1.29 is 8.78 Å². The van der Waals surface area contributed by atoms with Crippen molar-refractivity contribution in [2.75, 3.05) is 0 Å². The maximum atomic E-state index is 13.3. The van der Waals surface area contributed by atoms with Crippen molar-refractivity contribution >= 4 is 12.7 Å². The number of benzene rings is 1. The van der Waals surface area contributed by atoms with Crippen molar-refractivity contribution in [3.63, 3.8) is 0 Å². The molecular formula is C18H21F2N. The van der Waals surface area contributed by atoms with E-state index in [0.717, 1.165) is 22.2 Å². The Kier molecular flexibility index (Phi) is 6.10. The van der Waals surface area contributed by atoms with Crippen LogP contribution in [0.3, 0.4) is 0 Å². The van der Waals surface area contributed by atoms with Crippen LogP contribution in [0.2, 0.25) is 0 Å². The van der Waals surface area contributed by atoms with E-state index >= 15 is 0 Å². The van der Waals surface area contributed by atoms with E-state index in [9.17, 15) is 8.78 Å². The molecule has 3 heteroatoms. The second kappa shape index (κ2) is 7.58. The first-order chi connectivity index (χ1) is 9.99. The van der Waals surface area contributed by atoms with Crippen LogP contribution in [0, 0.1) is 11.6 Å². The minimum absolute atomic E-state index is 0.571. The second-order valence-corrected chi connectivity index (χ2v) is 4.61. The summed E-state index contributed by atoms with van der Waals surface area (Å²) in [4.78, 5) is 0. The molecule has 0 aliphatic carbocycles. The molecule has 0 radical (unpaired) electrons. The highest BCUT2D eigenvalue weighted by atomic mass is 19.2. The molecule has 0 spiro atoms. The van der Waals surface area contributed by atoms with Gasteiger partial charge in [0.1, 0.15) is 0 Å². The van der Waals surface area contributed by atoms with Crippen molar-refractivity contribution in [3.05, 3.63) is 64.3 Å². The zero-order valence-corrected chi connectivity index (χ0v) is 13.0. The highest BCUT2D eigenvalue weighted by molar-refractivity contribution is 5.42. The lowest BCUT2D eigenvalue weighted by molar-refractivity contribution is 0.508. The van der Waals surface area contributed by atoms with Gasteiger partial charge in [0, 0.05) is 18.0 Å². The average Bonchev–Trinajstić information content (AvgIpc) is 2.83. The lowest BCUT2D eigenvalue weighted by Gasteiger charge is -2.04. The van der Waals surface area contributed by atoms with E-state index in [4.69, 9.17) is 0 Å². The number of allylic oxidation sites excluding steroid dienone is 2. The lowest BCUT2D eigenvalue weighted by atomic mass is 10.3. The average molecular weight is 289 g/mol. The number of nitrogens with zero attached hydrogens (tertiary/aromatic N) is 1. The van der Waals surface area contributed by atoms with E-state index < -0.39 is 11.6 Å². The molecule has 0 saturated heterocycles. The first kappa shape index (κ1) is 16.9. The van der Waals surface area contributed by atoms with Gasteiger partial charge in [0.25, 0.3) is 0 Å². The molecule has 1 aromatic carbocycles. The van der Waals surface area contributed by atoms with Crippen LogP contribution in [-0.4, -0.2) is 4.57 Å². The number of aromatic nitrogens is 1. The van der Waals surface area contributed by atoms with Gasteiger partial charge in [0.2, 0.25) is 0 Å². The molecule has 112 valence electrons. The molecule has 21 heavy (non-hydrogen) atoms. The molecule has 1 heterocycles. The minimum Gasteiger partial charge on any atom is -0.316 e. The van der Waals surface area contributed by atoms with E-state index in [2.05, 4.69) is 6.58 Å². The molecule has 0 N–H and O–H groups in total. The first-order valence-corrected chi connectivity index (χ1v) is 6.96. The van der Waals surface area contributed by atoms with Gasteiger partial charge in [-0.25, -0.2) is 8.78 Å². The molecule has 1 aromatic heterocycles. The standard InChI is InChI=1S/C16H15F2N.C2H6/c1-11(2)4-7-16-12(3)8-9-19(16)13-5-6-14(17)15(18)10-13;1-2/h4-10H,3H2,1-2H3;1-2H3/b16-7+;. The predicted octanol–water partition coefficient (Wildman–Crippen LogP) is 3.94. The van der Waals surface area contributed by atoms with Crippen LogP contribution in [-0.2, 0) is 0 Å². The van der Waals surface area contributed by atoms with Crippen LogP contribution >= 0.6 is 0 Å². The maximum absolute atomic E-state index is 13.3. The number of rotatable bonds is 2. The summed E-state index contributed by atoms with van der Waals surface area (Å²) in [7, 11) is 0. The Morgan fingerprint density at radius 1 is 1.10 bits per heavy atom. The van der Waals surface area contributed by atoms with Gasteiger partial charge in [0.05, 0.1) is 5.35 Å². The molecule has 0 aliphatic rings. The fourth-order valence-corrected chi connectivity index (χ4v) is 1.78. The second-order valence-electron chi connectivity index (χ2n) is 4.61. The minimum atomic E-state index is -0.857. The maximum Gasteiger partial charge on any atom is 0.160 e. The molecule has 0 fully saturated rings. The van der Waals surface area contributed by atoms with Gasteiger partial charge in [-0.1, -0.05) is 32.1 Å². The molecule has 0 atom stereocenters. The Bertz CT molecular complexity index is 735. The smallest absolute Gasteiger partial charge is 0.160 e. The summed E-state index contributed by atoms with van der Waals surface area (Å²) in [6.07, 6.45) is 5.67. The largest absolute Gasteiger partial charge is 0.316 e. The fourth-order valence-electron chi connectivity index (χ4n) is 1.78. The van der Waals surface area contributed by atoms with Crippen molar-refractivity contribution in [1.29, 1.82) is 0 Å². The Balaban J connectivity index is 0.00000106. The predicted molar refractivity (Wildman–Crippen MR) is 85.7 cm³/mol. The van der Waals surface area contributed by atoms with Gasteiger partial charge < -0.3 is 4.57 Å². The Morgan fingerprint density at radius 2 is 1.76 bits per heavy atom. The molecule has 1 nitrogen and oxygen atoms in total. The van der Waals surface area contributed by atoms with E-state index in [-0.39, 0.29) is 0 Å². The summed E-state index contributed by atoms with van der Waals surface area (Å²) < 4.78 is 28.0. The molecule has 0 unspecified atom stereocenters. The van der Waals surface area contributed by atoms with Crippen LogP contribution in [0.1, 0.15) is 27.7 Å². The Hall–Kier alpha value is -2.16. The van der Waals surface area contributed by atoms with Crippen LogP contribution in [0.15, 0.2) is 42.1 Å². The van der Waals surface area contributed by atoms with Crippen molar-refractivity contribution in [2.45, 2.75) is 27.7 Å². The number of hydrogen-bond donors (Lipinski definition) is 0. The molecule has 2 aromatic rings. The summed E-state index contributed by atoms with van der Waals surface area (Å²) in [6, 6.07) is 5.68. The number of halogens is 2. The highest BCUT2D eigenvalue weighted by Crippen LogP contribution is 2.11. The summed E-state index contributed by atoms with van der Waals surface area (Å²) in [5.74, 6) is -1.70. The Morgan fingerprint density at radius 3 is 2.33 bits per heavy atom. The van der Waals surface area contributed by atoms with Crippen molar-refractivity contribution in [2.24, 2.45) is 0 Å². The number of hydrogen-bond acceptors (Lipinski definition) is 0. The normalized spacial score (nSPS) is 10.9. The van der Waals surface area contributed by atoms with Gasteiger partial charge in [-0.15, -0.1) is 0 Å². The quantitative estimate of drug-likeness (QED) is 0.789. The first-order valence-electron chi connectivity index (χ1n) is 6.96. The zero-order valence-electron chi connectivity index (χ0n) is 13.0. The van der Waals surface area contributed by atoms with E-state index in [0.29, 0.717) is 5.69 Å². The molecule has 0 bridgehead atoms. The van der Waals surface area contributed by atoms with Gasteiger partial charge >= 0.3 is 0 Å². The van der Waals surface area contributed by atoms with Crippen LogP contribution in [0.25, 0.3) is 18.3 Å².